The van der Waals surface area contributed by atoms with E-state index in [-0.39, 0.29) is 17.1 Å². The van der Waals surface area contributed by atoms with Crippen molar-refractivity contribution in [3.8, 4) is 11.5 Å². The van der Waals surface area contributed by atoms with E-state index in [1.165, 1.54) is 13.2 Å². The van der Waals surface area contributed by atoms with E-state index >= 15 is 0 Å². The van der Waals surface area contributed by atoms with E-state index in [1.807, 2.05) is 0 Å². The molecule has 4 nitrogen and oxygen atoms in total. The number of phenolic OH excluding ortho intramolecular Hbond substituents is 1. The van der Waals surface area contributed by atoms with Gasteiger partial charge in [-0.3, -0.25) is 0 Å². The fourth-order valence-electron chi connectivity index (χ4n) is 0.871. The van der Waals surface area contributed by atoms with Crippen LogP contribution in [0.25, 0.3) is 0 Å². The van der Waals surface area contributed by atoms with Gasteiger partial charge in [0.05, 0.1) is 12.7 Å². The number of carbonyl (C=O) groups is 1. The van der Waals surface area contributed by atoms with E-state index in [2.05, 4.69) is 15.9 Å². The number of carboxylic acids is 1. The third kappa shape index (κ3) is 1.92. The van der Waals surface area contributed by atoms with E-state index < -0.39 is 5.97 Å². The van der Waals surface area contributed by atoms with Crippen LogP contribution in [-0.2, 0) is 0 Å². The average molecular weight is 247 g/mol. The Morgan fingerprint density at radius 1 is 1.54 bits per heavy atom. The van der Waals surface area contributed by atoms with E-state index in [0.29, 0.717) is 4.47 Å². The summed E-state index contributed by atoms with van der Waals surface area (Å²) in [6.07, 6.45) is 0. The molecule has 5 heteroatoms. The molecule has 0 saturated carbocycles. The monoisotopic (exact) mass is 246 g/mol. The molecule has 0 aliphatic heterocycles. The molecule has 13 heavy (non-hydrogen) atoms. The minimum atomic E-state index is -1.11. The molecule has 1 rings (SSSR count). The van der Waals surface area contributed by atoms with Crippen LogP contribution in [0.5, 0.6) is 11.5 Å². The number of carboxylic acid groups (broad SMARTS) is 1. The Labute approximate surface area is 82.9 Å². The molecule has 0 bridgehead atoms. The van der Waals surface area contributed by atoms with Crippen LogP contribution < -0.4 is 4.74 Å². The first-order valence-electron chi connectivity index (χ1n) is 3.36. The average Bonchev–Trinajstić information content (AvgIpc) is 2.07. The van der Waals surface area contributed by atoms with Crippen molar-refractivity contribution in [1.82, 2.24) is 0 Å². The maximum absolute atomic E-state index is 10.6. The van der Waals surface area contributed by atoms with Crippen LogP contribution in [-0.4, -0.2) is 23.3 Å². The summed E-state index contributed by atoms with van der Waals surface area (Å²) in [6, 6.07) is 2.53. The molecule has 0 aromatic heterocycles. The number of aromatic carboxylic acids is 1. The molecule has 0 amide bonds. The Hall–Kier alpha value is -1.23. The van der Waals surface area contributed by atoms with Gasteiger partial charge in [-0.25, -0.2) is 4.79 Å². The van der Waals surface area contributed by atoms with Crippen LogP contribution >= 0.6 is 15.9 Å². The molecule has 1 aromatic rings. The van der Waals surface area contributed by atoms with Crippen molar-refractivity contribution in [2.75, 3.05) is 7.11 Å². The Balaban J connectivity index is 3.28. The highest BCUT2D eigenvalue weighted by Crippen LogP contribution is 2.32. The van der Waals surface area contributed by atoms with Gasteiger partial charge in [0, 0.05) is 4.47 Å². The van der Waals surface area contributed by atoms with Crippen LogP contribution in [0.4, 0.5) is 0 Å². The first-order valence-corrected chi connectivity index (χ1v) is 4.15. The van der Waals surface area contributed by atoms with Gasteiger partial charge in [0.2, 0.25) is 0 Å². The number of aromatic hydroxyl groups is 1. The molecular formula is C8H7BrO4. The van der Waals surface area contributed by atoms with Crippen molar-refractivity contribution < 1.29 is 19.7 Å². The van der Waals surface area contributed by atoms with Gasteiger partial charge in [0.25, 0.3) is 0 Å². The first kappa shape index (κ1) is 9.85. The summed E-state index contributed by atoms with van der Waals surface area (Å²) in [6.45, 7) is 0. The first-order chi connectivity index (χ1) is 6.06. The number of rotatable bonds is 2. The number of benzene rings is 1. The zero-order chi connectivity index (χ0) is 10.0. The summed E-state index contributed by atoms with van der Waals surface area (Å²) in [5, 5.41) is 17.9. The van der Waals surface area contributed by atoms with Gasteiger partial charge < -0.3 is 14.9 Å². The third-order valence-corrected chi connectivity index (χ3v) is 2.16. The maximum atomic E-state index is 10.6. The van der Waals surface area contributed by atoms with Crippen LogP contribution in [0.3, 0.4) is 0 Å². The summed E-state index contributed by atoms with van der Waals surface area (Å²) >= 11 is 3.05. The largest absolute Gasteiger partial charge is 0.504 e. The molecule has 2 N–H and O–H groups in total. The molecule has 0 saturated heterocycles. The SMILES string of the molecule is COc1cc(Br)c(C(=O)O)cc1O. The lowest BCUT2D eigenvalue weighted by Gasteiger charge is -2.05. The molecule has 0 radical (unpaired) electrons. The van der Waals surface area contributed by atoms with Gasteiger partial charge in [-0.2, -0.15) is 0 Å². The molecule has 1 aromatic carbocycles. The molecule has 0 unspecified atom stereocenters. The molecule has 70 valence electrons. The summed E-state index contributed by atoms with van der Waals surface area (Å²) in [4.78, 5) is 10.6. The summed E-state index contributed by atoms with van der Waals surface area (Å²) < 4.78 is 5.16. The van der Waals surface area contributed by atoms with Gasteiger partial charge in [-0.15, -0.1) is 0 Å². The minimum absolute atomic E-state index is 0.00157. The highest BCUT2D eigenvalue weighted by Gasteiger charge is 2.12. The fraction of sp³-hybridized carbons (Fsp3) is 0.125. The molecule has 0 aliphatic carbocycles. The predicted molar refractivity (Wildman–Crippen MR) is 49.3 cm³/mol. The van der Waals surface area contributed by atoms with Gasteiger partial charge in [-0.05, 0) is 28.1 Å². The molecular weight excluding hydrogens is 240 g/mol. The lowest BCUT2D eigenvalue weighted by molar-refractivity contribution is 0.0695. The second-order valence-electron chi connectivity index (χ2n) is 2.31. The third-order valence-electron chi connectivity index (χ3n) is 1.50. The number of hydrogen-bond acceptors (Lipinski definition) is 3. The van der Waals surface area contributed by atoms with E-state index in [4.69, 9.17) is 9.84 Å². The number of hydrogen-bond donors (Lipinski definition) is 2. The van der Waals surface area contributed by atoms with Gasteiger partial charge >= 0.3 is 5.97 Å². The lowest BCUT2D eigenvalue weighted by atomic mass is 10.2. The van der Waals surface area contributed by atoms with Gasteiger partial charge in [0.1, 0.15) is 0 Å². The molecule has 0 atom stereocenters. The van der Waals surface area contributed by atoms with Gasteiger partial charge in [0.15, 0.2) is 11.5 Å². The second kappa shape index (κ2) is 3.66. The smallest absolute Gasteiger partial charge is 0.336 e. The molecule has 0 aliphatic rings. The Bertz CT molecular complexity index is 348. The van der Waals surface area contributed by atoms with Crippen LogP contribution in [0, 0.1) is 0 Å². The van der Waals surface area contributed by atoms with Crippen molar-refractivity contribution in [2.24, 2.45) is 0 Å². The molecule has 0 heterocycles. The highest BCUT2D eigenvalue weighted by atomic mass is 79.9. The van der Waals surface area contributed by atoms with Gasteiger partial charge in [-0.1, -0.05) is 0 Å². The van der Waals surface area contributed by atoms with Crippen molar-refractivity contribution in [1.29, 1.82) is 0 Å². The van der Waals surface area contributed by atoms with E-state index in [1.54, 1.807) is 0 Å². The highest BCUT2D eigenvalue weighted by molar-refractivity contribution is 9.10. The zero-order valence-electron chi connectivity index (χ0n) is 6.74. The van der Waals surface area contributed by atoms with E-state index in [0.717, 1.165) is 6.07 Å². The number of methoxy groups -OCH3 is 1. The lowest BCUT2D eigenvalue weighted by Crippen LogP contribution is -1.98. The number of halogens is 1. The topological polar surface area (TPSA) is 66.8 Å². The number of ether oxygens (including phenoxy) is 1. The Morgan fingerprint density at radius 3 is 2.62 bits per heavy atom. The number of phenols is 1. The van der Waals surface area contributed by atoms with Crippen molar-refractivity contribution in [3.63, 3.8) is 0 Å². The summed E-state index contributed by atoms with van der Waals surface area (Å²) in [5.41, 5.74) is -0.00157. The summed E-state index contributed by atoms with van der Waals surface area (Å²) in [5.74, 6) is -1.06. The van der Waals surface area contributed by atoms with Crippen LogP contribution in [0.2, 0.25) is 0 Å². The normalized spacial score (nSPS) is 9.69. The second-order valence-corrected chi connectivity index (χ2v) is 3.16. The van der Waals surface area contributed by atoms with Crippen molar-refractivity contribution in [2.45, 2.75) is 0 Å². The maximum Gasteiger partial charge on any atom is 0.336 e. The van der Waals surface area contributed by atoms with Crippen LogP contribution in [0.15, 0.2) is 16.6 Å². The van der Waals surface area contributed by atoms with E-state index in [9.17, 15) is 9.90 Å². The molecule has 0 spiro atoms. The van der Waals surface area contributed by atoms with Crippen LogP contribution in [0.1, 0.15) is 10.4 Å². The Morgan fingerprint density at radius 2 is 2.15 bits per heavy atom. The predicted octanol–water partition coefficient (Wildman–Crippen LogP) is 1.86. The molecule has 0 fully saturated rings. The quantitative estimate of drug-likeness (QED) is 0.836. The van der Waals surface area contributed by atoms with Crippen molar-refractivity contribution in [3.05, 3.63) is 22.2 Å². The fourth-order valence-corrected chi connectivity index (χ4v) is 1.36. The zero-order valence-corrected chi connectivity index (χ0v) is 8.33. The Kier molecular flexibility index (Phi) is 2.77. The summed E-state index contributed by atoms with van der Waals surface area (Å²) in [7, 11) is 1.39. The minimum Gasteiger partial charge on any atom is -0.504 e. The standard InChI is InChI=1S/C8H7BrO4/c1-13-7-3-5(9)4(8(11)12)2-6(7)10/h2-3,10H,1H3,(H,11,12). The van der Waals surface area contributed by atoms with Crippen molar-refractivity contribution >= 4 is 21.9 Å².